The standard InChI is InChI=1S/C15H21N3O3/c1-2-7-21-11-5-6-16-15(17-11)18-13-10-4-3-9(8-10)12(13)14(19)20/h5-6,9-10,12-13H,2-4,7-8H2,1H3,(H,19,20)(H,16,17,18). The van der Waals surface area contributed by atoms with Crippen LogP contribution in [0, 0.1) is 17.8 Å². The molecule has 21 heavy (non-hydrogen) atoms. The third-order valence-corrected chi connectivity index (χ3v) is 4.58. The molecule has 0 spiro atoms. The normalized spacial score (nSPS) is 30.3. The Morgan fingerprint density at radius 2 is 2.29 bits per heavy atom. The predicted octanol–water partition coefficient (Wildman–Crippen LogP) is 2.18. The molecule has 2 aliphatic carbocycles. The number of hydrogen-bond donors (Lipinski definition) is 2. The summed E-state index contributed by atoms with van der Waals surface area (Å²) in [5.41, 5.74) is 0. The Kier molecular flexibility index (Phi) is 3.94. The largest absolute Gasteiger partial charge is 0.481 e. The second-order valence-electron chi connectivity index (χ2n) is 5.93. The molecule has 2 fully saturated rings. The monoisotopic (exact) mass is 291 g/mol. The number of aliphatic carboxylic acids is 1. The van der Waals surface area contributed by atoms with E-state index in [0.29, 0.717) is 30.3 Å². The zero-order chi connectivity index (χ0) is 14.8. The lowest BCUT2D eigenvalue weighted by Crippen LogP contribution is -2.39. The van der Waals surface area contributed by atoms with E-state index in [4.69, 9.17) is 4.74 Å². The van der Waals surface area contributed by atoms with Gasteiger partial charge >= 0.3 is 5.97 Å². The SMILES string of the molecule is CCCOc1ccnc(NC2C3CCC(C3)C2C(=O)O)n1. The summed E-state index contributed by atoms with van der Waals surface area (Å²) in [7, 11) is 0. The Labute approximate surface area is 123 Å². The molecule has 2 aliphatic rings. The fourth-order valence-corrected chi connectivity index (χ4v) is 3.70. The summed E-state index contributed by atoms with van der Waals surface area (Å²) in [6.07, 6.45) is 5.68. The molecule has 1 aromatic heterocycles. The van der Waals surface area contributed by atoms with E-state index in [9.17, 15) is 9.90 Å². The first-order valence-corrected chi connectivity index (χ1v) is 7.64. The van der Waals surface area contributed by atoms with E-state index in [2.05, 4.69) is 15.3 Å². The van der Waals surface area contributed by atoms with Crippen molar-refractivity contribution in [2.24, 2.45) is 17.8 Å². The Balaban J connectivity index is 1.72. The summed E-state index contributed by atoms with van der Waals surface area (Å²) in [5.74, 6) is 0.673. The van der Waals surface area contributed by atoms with Gasteiger partial charge in [0.2, 0.25) is 11.8 Å². The minimum absolute atomic E-state index is 0.0670. The minimum Gasteiger partial charge on any atom is -0.481 e. The molecule has 0 saturated heterocycles. The molecule has 4 unspecified atom stereocenters. The smallest absolute Gasteiger partial charge is 0.308 e. The topological polar surface area (TPSA) is 84.3 Å². The number of anilines is 1. The van der Waals surface area contributed by atoms with Gasteiger partial charge in [-0.1, -0.05) is 6.92 Å². The van der Waals surface area contributed by atoms with Crippen molar-refractivity contribution in [2.45, 2.75) is 38.6 Å². The van der Waals surface area contributed by atoms with Crippen LogP contribution < -0.4 is 10.1 Å². The summed E-state index contributed by atoms with van der Waals surface area (Å²) in [5, 5.41) is 12.7. The quantitative estimate of drug-likeness (QED) is 0.835. The summed E-state index contributed by atoms with van der Waals surface area (Å²) < 4.78 is 5.49. The van der Waals surface area contributed by atoms with Crippen molar-refractivity contribution in [1.29, 1.82) is 0 Å². The number of nitrogens with one attached hydrogen (secondary N) is 1. The summed E-state index contributed by atoms with van der Waals surface area (Å²) in [4.78, 5) is 20.0. The first-order chi connectivity index (χ1) is 10.2. The number of carboxylic acid groups (broad SMARTS) is 1. The maximum Gasteiger partial charge on any atom is 0.308 e. The molecule has 4 atom stereocenters. The van der Waals surface area contributed by atoms with Crippen LogP contribution in [-0.2, 0) is 4.79 Å². The molecule has 114 valence electrons. The predicted molar refractivity (Wildman–Crippen MR) is 77.2 cm³/mol. The van der Waals surface area contributed by atoms with Crippen molar-refractivity contribution in [3.05, 3.63) is 12.3 Å². The molecule has 1 heterocycles. The number of nitrogens with zero attached hydrogens (tertiary/aromatic N) is 2. The second-order valence-corrected chi connectivity index (χ2v) is 5.93. The molecule has 0 amide bonds. The molecule has 0 radical (unpaired) electrons. The van der Waals surface area contributed by atoms with E-state index in [-0.39, 0.29) is 12.0 Å². The molecule has 2 bridgehead atoms. The maximum atomic E-state index is 11.5. The Bertz CT molecular complexity index is 523. The molecular formula is C15H21N3O3. The van der Waals surface area contributed by atoms with Gasteiger partial charge in [-0.3, -0.25) is 4.79 Å². The number of ether oxygens (including phenoxy) is 1. The fourth-order valence-electron chi connectivity index (χ4n) is 3.70. The van der Waals surface area contributed by atoms with Crippen molar-refractivity contribution in [2.75, 3.05) is 11.9 Å². The van der Waals surface area contributed by atoms with Gasteiger partial charge in [-0.15, -0.1) is 0 Å². The van der Waals surface area contributed by atoms with Gasteiger partial charge in [0.15, 0.2) is 0 Å². The van der Waals surface area contributed by atoms with Crippen LogP contribution in [0.1, 0.15) is 32.6 Å². The first kappa shape index (κ1) is 14.1. The number of hydrogen-bond acceptors (Lipinski definition) is 5. The van der Waals surface area contributed by atoms with E-state index in [1.165, 1.54) is 0 Å². The Morgan fingerprint density at radius 3 is 3.05 bits per heavy atom. The van der Waals surface area contributed by atoms with Crippen LogP contribution in [0.25, 0.3) is 0 Å². The van der Waals surface area contributed by atoms with Crippen LogP contribution in [-0.4, -0.2) is 33.7 Å². The van der Waals surface area contributed by atoms with Gasteiger partial charge in [-0.25, -0.2) is 4.98 Å². The van der Waals surface area contributed by atoms with Gasteiger partial charge in [0, 0.05) is 18.3 Å². The minimum atomic E-state index is -0.710. The molecule has 6 nitrogen and oxygen atoms in total. The molecule has 2 saturated carbocycles. The lowest BCUT2D eigenvalue weighted by molar-refractivity contribution is -0.143. The van der Waals surface area contributed by atoms with Crippen molar-refractivity contribution in [3.63, 3.8) is 0 Å². The van der Waals surface area contributed by atoms with Gasteiger partial charge in [0.1, 0.15) is 0 Å². The van der Waals surface area contributed by atoms with Crippen molar-refractivity contribution in [1.82, 2.24) is 9.97 Å². The lowest BCUT2D eigenvalue weighted by Gasteiger charge is -2.28. The van der Waals surface area contributed by atoms with Gasteiger partial charge < -0.3 is 15.2 Å². The molecule has 3 rings (SSSR count). The summed E-state index contributed by atoms with van der Waals surface area (Å²) in [6.45, 7) is 2.65. The van der Waals surface area contributed by atoms with Crippen LogP contribution in [0.5, 0.6) is 5.88 Å². The van der Waals surface area contributed by atoms with E-state index in [1.807, 2.05) is 6.92 Å². The molecule has 6 heteroatoms. The van der Waals surface area contributed by atoms with Gasteiger partial charge in [0.25, 0.3) is 0 Å². The van der Waals surface area contributed by atoms with Gasteiger partial charge in [-0.05, 0) is 37.5 Å². The molecule has 0 aliphatic heterocycles. The van der Waals surface area contributed by atoms with E-state index in [1.54, 1.807) is 12.3 Å². The first-order valence-electron chi connectivity index (χ1n) is 7.64. The number of aromatic nitrogens is 2. The molecule has 0 aromatic carbocycles. The van der Waals surface area contributed by atoms with Gasteiger partial charge in [0.05, 0.1) is 12.5 Å². The number of fused-ring (bicyclic) bond motifs is 2. The Morgan fingerprint density at radius 1 is 1.48 bits per heavy atom. The molecule has 1 aromatic rings. The fraction of sp³-hybridized carbons (Fsp3) is 0.667. The van der Waals surface area contributed by atoms with Crippen molar-refractivity contribution in [3.8, 4) is 5.88 Å². The van der Waals surface area contributed by atoms with E-state index < -0.39 is 5.97 Å². The van der Waals surface area contributed by atoms with Crippen LogP contribution >= 0.6 is 0 Å². The van der Waals surface area contributed by atoms with Crippen LogP contribution in [0.2, 0.25) is 0 Å². The zero-order valence-electron chi connectivity index (χ0n) is 12.2. The third kappa shape index (κ3) is 2.80. The summed E-state index contributed by atoms with van der Waals surface area (Å²) in [6, 6.07) is 1.65. The highest BCUT2D eigenvalue weighted by atomic mass is 16.5. The van der Waals surface area contributed by atoms with Crippen LogP contribution in [0.3, 0.4) is 0 Å². The zero-order valence-corrected chi connectivity index (χ0v) is 12.2. The van der Waals surface area contributed by atoms with Gasteiger partial charge in [-0.2, -0.15) is 4.98 Å². The average Bonchev–Trinajstić information content (AvgIpc) is 3.06. The molecular weight excluding hydrogens is 270 g/mol. The highest BCUT2D eigenvalue weighted by molar-refractivity contribution is 5.73. The maximum absolute atomic E-state index is 11.5. The van der Waals surface area contributed by atoms with Crippen molar-refractivity contribution < 1.29 is 14.6 Å². The second kappa shape index (κ2) is 5.87. The lowest BCUT2D eigenvalue weighted by atomic mass is 9.84. The van der Waals surface area contributed by atoms with Crippen LogP contribution in [0.15, 0.2) is 12.3 Å². The Hall–Kier alpha value is -1.85. The van der Waals surface area contributed by atoms with E-state index in [0.717, 1.165) is 25.7 Å². The third-order valence-electron chi connectivity index (χ3n) is 4.58. The molecule has 2 N–H and O–H groups in total. The summed E-state index contributed by atoms with van der Waals surface area (Å²) >= 11 is 0. The number of carboxylic acids is 1. The number of rotatable bonds is 6. The van der Waals surface area contributed by atoms with E-state index >= 15 is 0 Å². The highest BCUT2D eigenvalue weighted by Gasteiger charge is 2.51. The number of carbonyl (C=O) groups is 1. The highest BCUT2D eigenvalue weighted by Crippen LogP contribution is 2.49. The average molecular weight is 291 g/mol. The van der Waals surface area contributed by atoms with Crippen molar-refractivity contribution >= 4 is 11.9 Å². The van der Waals surface area contributed by atoms with Crippen LogP contribution in [0.4, 0.5) is 5.95 Å².